The Labute approximate surface area is 110 Å². The number of nitrogens with zero attached hydrogens (tertiary/aromatic N) is 1. The highest BCUT2D eigenvalue weighted by Crippen LogP contribution is 2.29. The van der Waals surface area contributed by atoms with E-state index in [2.05, 4.69) is 22.4 Å². The molecule has 1 aromatic rings. The van der Waals surface area contributed by atoms with E-state index in [0.717, 1.165) is 25.0 Å². The third-order valence-corrected chi connectivity index (χ3v) is 4.39. The van der Waals surface area contributed by atoms with Crippen molar-refractivity contribution in [1.82, 2.24) is 15.5 Å². The molecule has 0 radical (unpaired) electrons. The first-order chi connectivity index (χ1) is 8.70. The number of thioether (sulfide) groups is 1. The van der Waals surface area contributed by atoms with Crippen LogP contribution in [-0.2, 0) is 0 Å². The third-order valence-electron chi connectivity index (χ3n) is 3.06. The van der Waals surface area contributed by atoms with E-state index < -0.39 is 0 Å². The Morgan fingerprint density at radius 3 is 3.06 bits per heavy atom. The molecule has 1 aliphatic rings. The first-order valence-corrected chi connectivity index (χ1v) is 7.23. The molecule has 1 aromatic heterocycles. The van der Waals surface area contributed by atoms with Gasteiger partial charge < -0.3 is 5.32 Å². The van der Waals surface area contributed by atoms with Gasteiger partial charge in [0.25, 0.3) is 11.5 Å². The van der Waals surface area contributed by atoms with Gasteiger partial charge in [-0.25, -0.2) is 5.10 Å². The molecule has 1 aliphatic carbocycles. The van der Waals surface area contributed by atoms with Gasteiger partial charge in [-0.05, 0) is 24.7 Å². The number of H-pyrrole nitrogens is 1. The van der Waals surface area contributed by atoms with Crippen molar-refractivity contribution >= 4 is 17.7 Å². The van der Waals surface area contributed by atoms with Crippen LogP contribution in [0.15, 0.2) is 16.9 Å². The number of rotatable bonds is 4. The normalized spacial score (nSPS) is 22.9. The molecule has 18 heavy (non-hydrogen) atoms. The van der Waals surface area contributed by atoms with E-state index in [9.17, 15) is 9.59 Å². The third kappa shape index (κ3) is 3.13. The second-order valence-corrected chi connectivity index (χ2v) is 5.83. The quantitative estimate of drug-likeness (QED) is 0.859. The molecule has 2 atom stereocenters. The monoisotopic (exact) mass is 267 g/mol. The van der Waals surface area contributed by atoms with Gasteiger partial charge in [0, 0.05) is 17.4 Å². The molecular formula is C12H17N3O2S. The number of carbonyl (C=O) groups is 1. The lowest BCUT2D eigenvalue weighted by Gasteiger charge is -2.19. The summed E-state index contributed by atoms with van der Waals surface area (Å²) in [6.45, 7) is 2.13. The molecule has 2 N–H and O–H groups in total. The molecule has 0 aromatic carbocycles. The van der Waals surface area contributed by atoms with E-state index >= 15 is 0 Å². The smallest absolute Gasteiger partial charge is 0.271 e. The van der Waals surface area contributed by atoms with E-state index in [0.29, 0.717) is 5.25 Å². The number of aromatic amines is 1. The number of amides is 1. The number of carbonyl (C=O) groups excluding carboxylic acids is 1. The minimum Gasteiger partial charge on any atom is -0.347 e. The molecule has 1 fully saturated rings. The van der Waals surface area contributed by atoms with Crippen LogP contribution in [0.4, 0.5) is 0 Å². The highest BCUT2D eigenvalue weighted by molar-refractivity contribution is 7.99. The van der Waals surface area contributed by atoms with E-state index in [1.807, 2.05) is 11.8 Å². The van der Waals surface area contributed by atoms with Gasteiger partial charge in [0.1, 0.15) is 5.69 Å². The summed E-state index contributed by atoms with van der Waals surface area (Å²) < 4.78 is 0. The summed E-state index contributed by atoms with van der Waals surface area (Å²) in [4.78, 5) is 22.8. The highest BCUT2D eigenvalue weighted by atomic mass is 32.2. The van der Waals surface area contributed by atoms with Gasteiger partial charge in [0.2, 0.25) is 0 Å². The minimum absolute atomic E-state index is 0.208. The summed E-state index contributed by atoms with van der Waals surface area (Å²) in [5, 5.41) is 9.51. The summed E-state index contributed by atoms with van der Waals surface area (Å²) in [5.74, 6) is 0.855. The molecule has 1 amide bonds. The maximum atomic E-state index is 12.0. The first-order valence-electron chi connectivity index (χ1n) is 6.19. The number of hydrogen-bond donors (Lipinski definition) is 2. The highest BCUT2D eigenvalue weighted by Gasteiger charge is 2.28. The van der Waals surface area contributed by atoms with Crippen molar-refractivity contribution in [3.63, 3.8) is 0 Å². The molecule has 0 saturated heterocycles. The average molecular weight is 267 g/mol. The SMILES string of the molecule is CCSC1CCCC1NC(=O)c1ccc(=O)[nH]n1. The Hall–Kier alpha value is -1.30. The van der Waals surface area contributed by atoms with E-state index in [4.69, 9.17) is 0 Å². The number of nitrogens with one attached hydrogen (secondary N) is 2. The van der Waals surface area contributed by atoms with Crippen LogP contribution in [0.1, 0.15) is 36.7 Å². The summed E-state index contributed by atoms with van der Waals surface area (Å²) in [6.07, 6.45) is 3.33. The predicted octanol–water partition coefficient (Wildman–Crippen LogP) is 1.17. The average Bonchev–Trinajstić information content (AvgIpc) is 2.78. The van der Waals surface area contributed by atoms with Crippen LogP contribution < -0.4 is 10.9 Å². The molecule has 0 bridgehead atoms. The van der Waals surface area contributed by atoms with Gasteiger partial charge in [-0.1, -0.05) is 13.3 Å². The molecule has 5 nitrogen and oxygen atoms in total. The zero-order valence-electron chi connectivity index (χ0n) is 10.3. The molecule has 2 unspecified atom stereocenters. The Kier molecular flexibility index (Phi) is 4.41. The fourth-order valence-corrected chi connectivity index (χ4v) is 3.42. The lowest BCUT2D eigenvalue weighted by molar-refractivity contribution is 0.0932. The Bertz CT molecular complexity index is 454. The van der Waals surface area contributed by atoms with Gasteiger partial charge in [0.15, 0.2) is 0 Å². The minimum atomic E-state index is -0.299. The molecule has 1 saturated carbocycles. The molecule has 6 heteroatoms. The van der Waals surface area contributed by atoms with Crippen molar-refractivity contribution in [2.24, 2.45) is 0 Å². The van der Waals surface area contributed by atoms with E-state index in [-0.39, 0.29) is 23.2 Å². The van der Waals surface area contributed by atoms with Crippen LogP contribution >= 0.6 is 11.8 Å². The second kappa shape index (κ2) is 6.04. The Balaban J connectivity index is 1.98. The Morgan fingerprint density at radius 1 is 1.56 bits per heavy atom. The van der Waals surface area contributed by atoms with E-state index in [1.165, 1.54) is 12.1 Å². The van der Waals surface area contributed by atoms with E-state index in [1.54, 1.807) is 0 Å². The zero-order valence-corrected chi connectivity index (χ0v) is 11.1. The lowest BCUT2D eigenvalue weighted by Crippen LogP contribution is -2.39. The van der Waals surface area contributed by atoms with Crippen LogP contribution in [0.2, 0.25) is 0 Å². The van der Waals surface area contributed by atoms with Crippen LogP contribution in [0.5, 0.6) is 0 Å². The molecule has 2 rings (SSSR count). The van der Waals surface area contributed by atoms with Crippen LogP contribution in [0.3, 0.4) is 0 Å². The van der Waals surface area contributed by atoms with Crippen molar-refractivity contribution in [2.75, 3.05) is 5.75 Å². The molecule has 0 aliphatic heterocycles. The van der Waals surface area contributed by atoms with Crippen molar-refractivity contribution in [2.45, 2.75) is 37.5 Å². The topological polar surface area (TPSA) is 74.8 Å². The molecular weight excluding hydrogens is 250 g/mol. The first kappa shape index (κ1) is 13.1. The van der Waals surface area contributed by atoms with Crippen molar-refractivity contribution in [3.8, 4) is 0 Å². The largest absolute Gasteiger partial charge is 0.347 e. The van der Waals surface area contributed by atoms with Crippen LogP contribution in [0, 0.1) is 0 Å². The summed E-state index contributed by atoms with van der Waals surface area (Å²) in [6, 6.07) is 2.98. The van der Waals surface area contributed by atoms with Crippen molar-refractivity contribution in [1.29, 1.82) is 0 Å². The molecule has 1 heterocycles. The van der Waals surface area contributed by atoms with Crippen LogP contribution in [0.25, 0.3) is 0 Å². The van der Waals surface area contributed by atoms with Gasteiger partial charge in [-0.15, -0.1) is 0 Å². The zero-order chi connectivity index (χ0) is 13.0. The molecule has 98 valence electrons. The van der Waals surface area contributed by atoms with Gasteiger partial charge >= 0.3 is 0 Å². The van der Waals surface area contributed by atoms with Crippen molar-refractivity contribution in [3.05, 3.63) is 28.2 Å². The standard InChI is InChI=1S/C12H17N3O2S/c1-2-18-10-5-3-4-8(10)13-12(17)9-6-7-11(16)15-14-9/h6-8,10H,2-5H2,1H3,(H,13,17)(H,15,16). The maximum Gasteiger partial charge on any atom is 0.271 e. The fraction of sp³-hybridized carbons (Fsp3) is 0.583. The lowest BCUT2D eigenvalue weighted by atomic mass is 10.2. The predicted molar refractivity (Wildman–Crippen MR) is 71.9 cm³/mol. The van der Waals surface area contributed by atoms with Gasteiger partial charge in [-0.2, -0.15) is 16.9 Å². The number of aromatic nitrogens is 2. The van der Waals surface area contributed by atoms with Gasteiger partial charge in [0.05, 0.1) is 0 Å². The maximum absolute atomic E-state index is 12.0. The van der Waals surface area contributed by atoms with Crippen LogP contribution in [-0.4, -0.2) is 33.1 Å². The summed E-state index contributed by atoms with van der Waals surface area (Å²) in [7, 11) is 0. The van der Waals surface area contributed by atoms with Gasteiger partial charge in [-0.3, -0.25) is 9.59 Å². The summed E-state index contributed by atoms with van der Waals surface area (Å²) in [5.41, 5.74) is -0.0337. The summed E-state index contributed by atoms with van der Waals surface area (Å²) >= 11 is 1.89. The second-order valence-electron chi connectivity index (χ2n) is 4.31. The molecule has 0 spiro atoms. The Morgan fingerprint density at radius 2 is 2.39 bits per heavy atom. The number of hydrogen-bond acceptors (Lipinski definition) is 4. The van der Waals surface area contributed by atoms with Crippen molar-refractivity contribution < 1.29 is 4.79 Å². The fourth-order valence-electron chi connectivity index (χ4n) is 2.22.